The maximum Gasteiger partial charge on any atom is 0.307 e. The molecule has 0 saturated heterocycles. The molecule has 0 aliphatic rings. The Balaban J connectivity index is 1.38. The molecule has 2 N–H and O–H groups in total. The molecule has 2 heterocycles. The number of carbonyl (C=O) groups excluding carboxylic acids is 2. The van der Waals surface area contributed by atoms with E-state index in [0.29, 0.717) is 34.8 Å². The Bertz CT molecular complexity index is 1290. The second-order valence-electron chi connectivity index (χ2n) is 7.15. The molecule has 0 saturated carbocycles. The van der Waals surface area contributed by atoms with E-state index in [9.17, 15) is 14.0 Å². The fourth-order valence-electron chi connectivity index (χ4n) is 3.02. The molecule has 0 aliphatic carbocycles. The highest BCUT2D eigenvalue weighted by Gasteiger charge is 2.12. The first-order valence-corrected chi connectivity index (χ1v) is 10.1. The van der Waals surface area contributed by atoms with E-state index in [-0.39, 0.29) is 11.7 Å². The molecule has 2 aromatic carbocycles. The van der Waals surface area contributed by atoms with Gasteiger partial charge >= 0.3 is 5.91 Å². The van der Waals surface area contributed by atoms with Crippen molar-refractivity contribution in [3.05, 3.63) is 108 Å². The van der Waals surface area contributed by atoms with Gasteiger partial charge in [0.05, 0.1) is 12.3 Å². The fourth-order valence-corrected chi connectivity index (χ4v) is 3.02. The molecule has 0 unspecified atom stereocenters. The molecule has 0 atom stereocenters. The van der Waals surface area contributed by atoms with Crippen molar-refractivity contribution in [1.82, 2.24) is 15.2 Å². The standard InChI is InChI=1S/C24H20FN5O3/c1-16(28-29-24(32)22-11-10-21(33-22)15-30-13-3-12-26-30)18-4-2-5-20(14-18)27-23(31)17-6-8-19(25)9-7-17/h2-14H,15H2,1H3,(H,27,31)(H,29,32). The number of benzene rings is 2. The molecule has 9 heteroatoms. The number of nitrogens with one attached hydrogen (secondary N) is 2. The SMILES string of the molecule is CC(=NNC(=O)c1ccc(Cn2cccn2)o1)c1cccc(NC(=O)c2ccc(F)cc2)c1. The van der Waals surface area contributed by atoms with Gasteiger partial charge in [-0.2, -0.15) is 10.2 Å². The average Bonchev–Trinajstić information content (AvgIpc) is 3.50. The van der Waals surface area contributed by atoms with Crippen molar-refractivity contribution in [3.8, 4) is 0 Å². The van der Waals surface area contributed by atoms with Crippen LogP contribution in [0.2, 0.25) is 0 Å². The summed E-state index contributed by atoms with van der Waals surface area (Å²) in [6.07, 6.45) is 3.46. The van der Waals surface area contributed by atoms with Crippen LogP contribution in [-0.4, -0.2) is 27.3 Å². The van der Waals surface area contributed by atoms with Crippen LogP contribution < -0.4 is 10.7 Å². The summed E-state index contributed by atoms with van der Waals surface area (Å²) in [5, 5.41) is 11.0. The third kappa shape index (κ3) is 5.59. The van der Waals surface area contributed by atoms with Crippen LogP contribution in [0.5, 0.6) is 0 Å². The summed E-state index contributed by atoms with van der Waals surface area (Å²) in [4.78, 5) is 24.7. The lowest BCUT2D eigenvalue weighted by Gasteiger charge is -2.08. The molecule has 0 spiro atoms. The van der Waals surface area contributed by atoms with E-state index in [1.165, 1.54) is 24.3 Å². The van der Waals surface area contributed by atoms with Crippen LogP contribution in [0.1, 0.15) is 39.2 Å². The summed E-state index contributed by atoms with van der Waals surface area (Å²) >= 11 is 0. The zero-order chi connectivity index (χ0) is 23.2. The van der Waals surface area contributed by atoms with Crippen LogP contribution in [-0.2, 0) is 6.54 Å². The fraction of sp³-hybridized carbons (Fsp3) is 0.0833. The van der Waals surface area contributed by atoms with E-state index < -0.39 is 11.7 Å². The number of nitrogens with zero attached hydrogens (tertiary/aromatic N) is 3. The van der Waals surface area contributed by atoms with Gasteiger partial charge in [-0.05, 0) is 67.1 Å². The van der Waals surface area contributed by atoms with Crippen molar-refractivity contribution in [2.45, 2.75) is 13.5 Å². The maximum atomic E-state index is 13.0. The average molecular weight is 445 g/mol. The normalized spacial score (nSPS) is 11.3. The number of aromatic nitrogens is 2. The van der Waals surface area contributed by atoms with Gasteiger partial charge in [0, 0.05) is 23.6 Å². The molecule has 8 nitrogen and oxygen atoms in total. The Morgan fingerprint density at radius 1 is 1.03 bits per heavy atom. The predicted molar refractivity (Wildman–Crippen MR) is 121 cm³/mol. The van der Waals surface area contributed by atoms with Gasteiger partial charge in [-0.15, -0.1) is 0 Å². The number of carbonyl (C=O) groups is 2. The number of anilines is 1. The van der Waals surface area contributed by atoms with Gasteiger partial charge in [0.2, 0.25) is 0 Å². The Hall–Kier alpha value is -4.53. The number of amides is 2. The summed E-state index contributed by atoms with van der Waals surface area (Å²) in [7, 11) is 0. The van der Waals surface area contributed by atoms with E-state index in [0.717, 1.165) is 0 Å². The van der Waals surface area contributed by atoms with Gasteiger partial charge in [0.1, 0.15) is 11.6 Å². The quantitative estimate of drug-likeness (QED) is 0.331. The lowest BCUT2D eigenvalue weighted by Crippen LogP contribution is -2.19. The highest BCUT2D eigenvalue weighted by Crippen LogP contribution is 2.14. The molecule has 0 radical (unpaired) electrons. The van der Waals surface area contributed by atoms with Gasteiger partial charge in [0.15, 0.2) is 5.76 Å². The van der Waals surface area contributed by atoms with Crippen molar-refractivity contribution in [2.24, 2.45) is 5.10 Å². The molecule has 0 bridgehead atoms. The van der Waals surface area contributed by atoms with Crippen molar-refractivity contribution < 1.29 is 18.4 Å². The summed E-state index contributed by atoms with van der Waals surface area (Å²) in [6.45, 7) is 2.14. The zero-order valence-corrected chi connectivity index (χ0v) is 17.7. The summed E-state index contributed by atoms with van der Waals surface area (Å²) in [5.74, 6) is -0.533. The summed E-state index contributed by atoms with van der Waals surface area (Å²) in [5.41, 5.74) is 4.58. The van der Waals surface area contributed by atoms with Crippen LogP contribution in [0.25, 0.3) is 0 Å². The Morgan fingerprint density at radius 2 is 1.85 bits per heavy atom. The van der Waals surface area contributed by atoms with Crippen LogP contribution in [0.3, 0.4) is 0 Å². The van der Waals surface area contributed by atoms with Crippen molar-refractivity contribution in [1.29, 1.82) is 0 Å². The summed E-state index contributed by atoms with van der Waals surface area (Å²) in [6, 6.07) is 17.4. The number of rotatable bonds is 7. The van der Waals surface area contributed by atoms with Crippen molar-refractivity contribution in [3.63, 3.8) is 0 Å². The minimum absolute atomic E-state index is 0.133. The molecule has 4 aromatic rings. The lowest BCUT2D eigenvalue weighted by molar-refractivity contribution is 0.0924. The Labute approximate surface area is 188 Å². The topological polar surface area (TPSA) is 102 Å². The van der Waals surface area contributed by atoms with E-state index in [4.69, 9.17) is 4.42 Å². The third-order valence-corrected chi connectivity index (χ3v) is 4.73. The predicted octanol–water partition coefficient (Wildman–Crippen LogP) is 4.07. The van der Waals surface area contributed by atoms with Gasteiger partial charge in [-0.1, -0.05) is 12.1 Å². The molecule has 2 amide bonds. The Morgan fingerprint density at radius 3 is 2.61 bits per heavy atom. The molecule has 0 aliphatic heterocycles. The zero-order valence-electron chi connectivity index (χ0n) is 17.7. The van der Waals surface area contributed by atoms with Gasteiger partial charge in [-0.3, -0.25) is 14.3 Å². The molecule has 33 heavy (non-hydrogen) atoms. The minimum atomic E-state index is -0.484. The maximum absolute atomic E-state index is 13.0. The third-order valence-electron chi connectivity index (χ3n) is 4.73. The molecule has 4 rings (SSSR count). The van der Waals surface area contributed by atoms with E-state index >= 15 is 0 Å². The van der Waals surface area contributed by atoms with Crippen LogP contribution >= 0.6 is 0 Å². The van der Waals surface area contributed by atoms with Crippen molar-refractivity contribution in [2.75, 3.05) is 5.32 Å². The molecule has 2 aromatic heterocycles. The number of hydrogen-bond acceptors (Lipinski definition) is 5. The van der Waals surface area contributed by atoms with Gasteiger partial charge in [0.25, 0.3) is 5.91 Å². The highest BCUT2D eigenvalue weighted by molar-refractivity contribution is 6.06. The molecular weight excluding hydrogens is 425 g/mol. The smallest absolute Gasteiger partial charge is 0.307 e. The highest BCUT2D eigenvalue weighted by atomic mass is 19.1. The van der Waals surface area contributed by atoms with Crippen LogP contribution in [0, 0.1) is 5.82 Å². The van der Waals surface area contributed by atoms with Crippen LogP contribution in [0.4, 0.5) is 10.1 Å². The second-order valence-corrected chi connectivity index (χ2v) is 7.15. The molecule has 0 fully saturated rings. The monoisotopic (exact) mass is 445 g/mol. The van der Waals surface area contributed by atoms with Gasteiger partial charge in [-0.25, -0.2) is 9.82 Å². The van der Waals surface area contributed by atoms with E-state index in [1.807, 2.05) is 0 Å². The Kier molecular flexibility index (Phi) is 6.40. The minimum Gasteiger partial charge on any atom is -0.454 e. The largest absolute Gasteiger partial charge is 0.454 e. The molecule has 166 valence electrons. The number of hydrogen-bond donors (Lipinski definition) is 2. The first-order chi connectivity index (χ1) is 16.0. The van der Waals surface area contributed by atoms with Gasteiger partial charge < -0.3 is 9.73 Å². The number of furan rings is 1. The van der Waals surface area contributed by atoms with Crippen LogP contribution in [0.15, 0.2) is 88.6 Å². The number of halogens is 1. The number of hydrazone groups is 1. The van der Waals surface area contributed by atoms with E-state index in [1.54, 1.807) is 66.5 Å². The lowest BCUT2D eigenvalue weighted by atomic mass is 10.1. The second kappa shape index (κ2) is 9.73. The molecular formula is C24H20FN5O3. The first-order valence-electron chi connectivity index (χ1n) is 10.1. The summed E-state index contributed by atoms with van der Waals surface area (Å²) < 4.78 is 20.3. The van der Waals surface area contributed by atoms with Crippen molar-refractivity contribution >= 4 is 23.2 Å². The first kappa shape index (κ1) is 21.7. The van der Waals surface area contributed by atoms with E-state index in [2.05, 4.69) is 20.9 Å².